The number of fused-ring (bicyclic) bond motifs is 1. The van der Waals surface area contributed by atoms with Crippen molar-refractivity contribution in [2.75, 3.05) is 25.6 Å². The van der Waals surface area contributed by atoms with Crippen LogP contribution in [0.5, 0.6) is 0 Å². The molecule has 1 amide bonds. The molecule has 258 valence electrons. The Morgan fingerprint density at radius 1 is 1.02 bits per heavy atom. The van der Waals surface area contributed by atoms with Crippen molar-refractivity contribution in [1.82, 2.24) is 4.90 Å². The molecule has 3 aromatic rings. The Hall–Kier alpha value is -3.79. The van der Waals surface area contributed by atoms with Crippen LogP contribution in [0, 0.1) is 12.8 Å². The number of hydrogen-bond acceptors (Lipinski definition) is 8. The van der Waals surface area contributed by atoms with Gasteiger partial charge >= 0.3 is 12.1 Å². The Morgan fingerprint density at radius 3 is 2.45 bits per heavy atom. The summed E-state index contributed by atoms with van der Waals surface area (Å²) in [5, 5.41) is 3.59. The Balaban J connectivity index is 1.40. The number of amides is 1. The number of likely N-dealkylation sites (tertiary alicyclic amines) is 1. The third-order valence-electron chi connectivity index (χ3n) is 10.9. The molecule has 9 heteroatoms. The number of rotatable bonds is 8. The van der Waals surface area contributed by atoms with E-state index in [0.717, 1.165) is 33.8 Å². The van der Waals surface area contributed by atoms with Crippen molar-refractivity contribution in [1.29, 1.82) is 0 Å². The number of thioether (sulfide) groups is 1. The van der Waals surface area contributed by atoms with Gasteiger partial charge in [-0.25, -0.2) is 9.59 Å². The number of carbonyl (C=O) groups excluding carboxylic acids is 2. The van der Waals surface area contributed by atoms with Crippen LogP contribution in [0.3, 0.4) is 0 Å². The smallest absolute Gasteiger partial charge is 0.410 e. The first-order valence-corrected chi connectivity index (χ1v) is 18.2. The van der Waals surface area contributed by atoms with Crippen molar-refractivity contribution in [3.05, 3.63) is 107 Å². The second kappa shape index (κ2) is 13.2. The van der Waals surface area contributed by atoms with Crippen LogP contribution in [0.1, 0.15) is 63.1 Å². The summed E-state index contributed by atoms with van der Waals surface area (Å²) in [6.45, 7) is 9.27. The molecule has 0 bridgehead atoms. The van der Waals surface area contributed by atoms with Crippen LogP contribution in [-0.2, 0) is 35.8 Å². The molecular formula is C40H46N2O6S. The lowest BCUT2D eigenvalue weighted by Crippen LogP contribution is -2.54. The number of esters is 1. The van der Waals surface area contributed by atoms with Crippen LogP contribution >= 0.6 is 11.8 Å². The number of benzene rings is 3. The van der Waals surface area contributed by atoms with Crippen LogP contribution in [-0.4, -0.2) is 59.9 Å². The Bertz CT molecular complexity index is 1740. The lowest BCUT2D eigenvalue weighted by molar-refractivity contribution is -0.166. The zero-order chi connectivity index (χ0) is 34.4. The van der Waals surface area contributed by atoms with E-state index in [1.54, 1.807) is 11.8 Å². The molecular weight excluding hydrogens is 637 g/mol. The summed E-state index contributed by atoms with van der Waals surface area (Å²) >= 11 is 1.76. The third-order valence-corrected chi connectivity index (χ3v) is 12.2. The normalized spacial score (nSPS) is 28.3. The van der Waals surface area contributed by atoms with E-state index in [0.29, 0.717) is 38.0 Å². The maximum Gasteiger partial charge on any atom is 0.410 e. The number of hydrogen-bond donors (Lipinski definition) is 1. The highest BCUT2D eigenvalue weighted by Crippen LogP contribution is 2.61. The van der Waals surface area contributed by atoms with E-state index in [9.17, 15) is 9.59 Å². The van der Waals surface area contributed by atoms with Crippen LogP contribution in [0.25, 0.3) is 0 Å². The first-order valence-electron chi connectivity index (χ1n) is 17.3. The quantitative estimate of drug-likeness (QED) is 0.239. The van der Waals surface area contributed by atoms with Gasteiger partial charge in [0.2, 0.25) is 0 Å². The molecule has 1 N–H and O–H groups in total. The fourth-order valence-corrected chi connectivity index (χ4v) is 9.90. The number of para-hydroxylation sites is 1. The molecule has 3 aromatic carbocycles. The average molecular weight is 683 g/mol. The molecule has 2 saturated heterocycles. The predicted octanol–water partition coefficient (Wildman–Crippen LogP) is 8.00. The molecule has 3 heterocycles. The maximum absolute atomic E-state index is 14.4. The topological polar surface area (TPSA) is 86.3 Å². The van der Waals surface area contributed by atoms with Gasteiger partial charge in [-0.15, -0.1) is 11.8 Å². The highest BCUT2D eigenvalue weighted by molar-refractivity contribution is 8.00. The van der Waals surface area contributed by atoms with Crippen LogP contribution in [0.15, 0.2) is 95.0 Å². The van der Waals surface area contributed by atoms with Gasteiger partial charge in [0.25, 0.3) is 0 Å². The van der Waals surface area contributed by atoms with Gasteiger partial charge < -0.3 is 29.2 Å². The largest absolute Gasteiger partial charge is 0.466 e. The van der Waals surface area contributed by atoms with Crippen LogP contribution < -0.4 is 5.32 Å². The molecule has 1 aliphatic carbocycles. The van der Waals surface area contributed by atoms with Crippen LogP contribution in [0.2, 0.25) is 0 Å². The summed E-state index contributed by atoms with van der Waals surface area (Å²) in [4.78, 5) is 31.4. The van der Waals surface area contributed by atoms with Crippen molar-refractivity contribution in [3.63, 3.8) is 0 Å². The molecule has 5 atom stereocenters. The van der Waals surface area contributed by atoms with Crippen molar-refractivity contribution in [3.8, 4) is 0 Å². The Labute approximate surface area is 293 Å². The predicted molar refractivity (Wildman–Crippen MR) is 190 cm³/mol. The SMILES string of the molecule is CC[C@@]1(C[C@H]2[C@@H](Sc3ccc(C)cc3)CC(C(=O)OC)=C3Nc4ccccc4[C@]34CCN(C(=O)OCc3ccccc3)[C@H]24)COC(C)(C)O1. The van der Waals surface area contributed by atoms with E-state index in [4.69, 9.17) is 18.9 Å². The van der Waals surface area contributed by atoms with E-state index in [-0.39, 0.29) is 35.9 Å². The Morgan fingerprint density at radius 2 is 1.76 bits per heavy atom. The lowest BCUT2D eigenvalue weighted by atomic mass is 9.67. The second-order valence-corrected chi connectivity index (χ2v) is 15.6. The number of anilines is 1. The molecule has 49 heavy (non-hydrogen) atoms. The summed E-state index contributed by atoms with van der Waals surface area (Å²) < 4.78 is 24.6. The number of nitrogens with one attached hydrogen (secondary N) is 1. The lowest BCUT2D eigenvalue weighted by Gasteiger charge is -2.44. The van der Waals surface area contributed by atoms with Gasteiger partial charge in [-0.1, -0.05) is 73.2 Å². The van der Waals surface area contributed by atoms with Gasteiger partial charge in [0, 0.05) is 28.1 Å². The summed E-state index contributed by atoms with van der Waals surface area (Å²) in [6, 6.07) is 26.2. The molecule has 1 spiro atoms. The number of carbonyl (C=O) groups is 2. The molecule has 0 aromatic heterocycles. The van der Waals surface area contributed by atoms with Gasteiger partial charge in [-0.3, -0.25) is 0 Å². The molecule has 2 fully saturated rings. The van der Waals surface area contributed by atoms with E-state index < -0.39 is 16.8 Å². The van der Waals surface area contributed by atoms with Gasteiger partial charge in [0.05, 0.1) is 36.3 Å². The summed E-state index contributed by atoms with van der Waals surface area (Å²) in [5.41, 5.74) is 4.38. The minimum absolute atomic E-state index is 0.107. The van der Waals surface area contributed by atoms with E-state index >= 15 is 0 Å². The van der Waals surface area contributed by atoms with Gasteiger partial charge in [-0.2, -0.15) is 0 Å². The number of ether oxygens (including phenoxy) is 4. The van der Waals surface area contributed by atoms with E-state index in [1.807, 2.05) is 61.2 Å². The fraction of sp³-hybridized carbons (Fsp3) is 0.450. The number of aryl methyl sites for hydroxylation is 1. The molecule has 3 aliphatic heterocycles. The van der Waals surface area contributed by atoms with E-state index in [2.05, 4.69) is 55.6 Å². The fourth-order valence-electron chi connectivity index (χ4n) is 8.59. The van der Waals surface area contributed by atoms with Gasteiger partial charge in [-0.05, 0) is 81.7 Å². The zero-order valence-electron chi connectivity index (χ0n) is 29.0. The first kappa shape index (κ1) is 33.7. The minimum Gasteiger partial charge on any atom is -0.466 e. The van der Waals surface area contributed by atoms with Crippen molar-refractivity contribution in [2.24, 2.45) is 5.92 Å². The maximum atomic E-state index is 14.4. The van der Waals surface area contributed by atoms with Crippen LogP contribution in [0.4, 0.5) is 10.5 Å². The zero-order valence-corrected chi connectivity index (χ0v) is 29.8. The second-order valence-electron chi connectivity index (χ2n) is 14.3. The molecule has 0 saturated carbocycles. The Kier molecular flexibility index (Phi) is 9.05. The summed E-state index contributed by atoms with van der Waals surface area (Å²) in [5.74, 6) is -1.20. The van der Waals surface area contributed by atoms with Crippen molar-refractivity contribution in [2.45, 2.75) is 93.0 Å². The number of methoxy groups -OCH3 is 1. The first-order chi connectivity index (χ1) is 23.6. The molecule has 0 radical (unpaired) electrons. The highest BCUT2D eigenvalue weighted by atomic mass is 32.2. The third kappa shape index (κ3) is 6.15. The van der Waals surface area contributed by atoms with Gasteiger partial charge in [0.15, 0.2) is 5.79 Å². The number of nitrogens with zero attached hydrogens (tertiary/aromatic N) is 1. The van der Waals surface area contributed by atoms with Gasteiger partial charge in [0.1, 0.15) is 6.61 Å². The average Bonchev–Trinajstić information content (AvgIpc) is 3.75. The molecule has 0 unspecified atom stereocenters. The van der Waals surface area contributed by atoms with Crippen molar-refractivity contribution < 1.29 is 28.5 Å². The molecule has 7 rings (SSSR count). The summed E-state index contributed by atoms with van der Waals surface area (Å²) in [7, 11) is 1.45. The van der Waals surface area contributed by atoms with Crippen molar-refractivity contribution >= 4 is 29.5 Å². The highest BCUT2D eigenvalue weighted by Gasteiger charge is 2.64. The standard InChI is InChI=1S/C40H46N2O6S/c1-6-39(25-47-38(3,4)48-39)23-30-33(49-28-18-16-26(2)17-19-28)22-29(36(43)45-5)34-40(31-14-10-11-15-32(31)41-34)20-21-42(35(30)40)37(44)46-24-27-12-8-7-9-13-27/h7-19,30,33,35,41H,6,20-25H2,1-5H3/t30-,33-,35+,39+,40+/m0/s1. The minimum atomic E-state index is -0.732. The van der Waals surface area contributed by atoms with E-state index in [1.165, 1.54) is 12.7 Å². The molecule has 4 aliphatic rings. The molecule has 8 nitrogen and oxygen atoms in total. The summed E-state index contributed by atoms with van der Waals surface area (Å²) in [6.07, 6.45) is 2.12. The monoisotopic (exact) mass is 682 g/mol.